The molecule has 142 valence electrons. The highest BCUT2D eigenvalue weighted by Crippen LogP contribution is 2.53. The minimum Gasteiger partial charge on any atom is -0.340 e. The minimum absolute atomic E-state index is 0.167. The molecule has 0 unspecified atom stereocenters. The molecule has 0 aromatic carbocycles. The van der Waals surface area contributed by atoms with Crippen molar-refractivity contribution in [3.8, 4) is 0 Å². The number of hydrogen-bond donors (Lipinski definition) is 0. The zero-order valence-electron chi connectivity index (χ0n) is 16.2. The van der Waals surface area contributed by atoms with Gasteiger partial charge in [-0.3, -0.25) is 14.7 Å². The lowest BCUT2D eigenvalue weighted by molar-refractivity contribution is -0.146. The van der Waals surface area contributed by atoms with Gasteiger partial charge in [0, 0.05) is 57.2 Å². The highest BCUT2D eigenvalue weighted by molar-refractivity contribution is 5.84. The van der Waals surface area contributed by atoms with E-state index in [9.17, 15) is 4.79 Å². The maximum atomic E-state index is 13.6. The highest BCUT2D eigenvalue weighted by Gasteiger charge is 2.59. The lowest BCUT2D eigenvalue weighted by Gasteiger charge is -2.42. The van der Waals surface area contributed by atoms with Gasteiger partial charge in [-0.1, -0.05) is 19.9 Å². The summed E-state index contributed by atoms with van der Waals surface area (Å²) in [6.45, 7) is 10.3. The number of amides is 1. The van der Waals surface area contributed by atoms with Crippen molar-refractivity contribution in [2.45, 2.75) is 58.2 Å². The standard InChI is InChI=1S/C21H32N4O/c1-3-21(20(26)24-12-10-23(4-2)11-13-24)14-18-7-8-19(21)25(18)16-17-6-5-9-22-15-17/h5-6,9,15,18-19H,3-4,7-8,10-14,16H2,1-2H3/t18-,19+,21+/m0/s1. The van der Waals surface area contributed by atoms with Crippen LogP contribution >= 0.6 is 0 Å². The molecule has 2 bridgehead atoms. The second kappa shape index (κ2) is 7.28. The van der Waals surface area contributed by atoms with Gasteiger partial charge in [0.1, 0.15) is 0 Å². The van der Waals surface area contributed by atoms with Gasteiger partial charge >= 0.3 is 0 Å². The van der Waals surface area contributed by atoms with Crippen LogP contribution < -0.4 is 0 Å². The van der Waals surface area contributed by atoms with Crippen molar-refractivity contribution >= 4 is 5.91 Å². The molecular formula is C21H32N4O. The Morgan fingerprint density at radius 2 is 2.04 bits per heavy atom. The third-order valence-corrected chi connectivity index (χ3v) is 7.13. The maximum absolute atomic E-state index is 13.6. The van der Waals surface area contributed by atoms with Gasteiger partial charge in [-0.2, -0.15) is 0 Å². The molecule has 26 heavy (non-hydrogen) atoms. The molecule has 4 rings (SSSR count). The predicted octanol–water partition coefficient (Wildman–Crippen LogP) is 2.38. The van der Waals surface area contributed by atoms with Gasteiger partial charge in [-0.05, 0) is 43.9 Å². The van der Waals surface area contributed by atoms with Crippen LogP contribution in [0.4, 0.5) is 0 Å². The van der Waals surface area contributed by atoms with Gasteiger partial charge in [0.05, 0.1) is 5.41 Å². The molecule has 3 aliphatic heterocycles. The number of nitrogens with zero attached hydrogens (tertiary/aromatic N) is 4. The van der Waals surface area contributed by atoms with E-state index in [0.717, 1.165) is 52.1 Å². The fraction of sp³-hybridized carbons (Fsp3) is 0.714. The number of likely N-dealkylation sites (N-methyl/N-ethyl adjacent to an activating group) is 1. The first-order chi connectivity index (χ1) is 12.7. The summed E-state index contributed by atoms with van der Waals surface area (Å²) in [5.74, 6) is 0.430. The van der Waals surface area contributed by atoms with E-state index in [1.807, 2.05) is 18.5 Å². The lowest BCUT2D eigenvalue weighted by atomic mass is 9.70. The third kappa shape index (κ3) is 2.95. The molecule has 5 nitrogen and oxygen atoms in total. The van der Waals surface area contributed by atoms with Crippen LogP contribution in [-0.4, -0.2) is 70.4 Å². The molecule has 0 saturated carbocycles. The summed E-state index contributed by atoms with van der Waals surface area (Å²) >= 11 is 0. The summed E-state index contributed by atoms with van der Waals surface area (Å²) in [6.07, 6.45) is 8.21. The van der Waals surface area contributed by atoms with E-state index in [0.29, 0.717) is 18.0 Å². The van der Waals surface area contributed by atoms with Gasteiger partial charge < -0.3 is 9.80 Å². The molecule has 3 aliphatic rings. The van der Waals surface area contributed by atoms with Crippen LogP contribution in [0.15, 0.2) is 24.5 Å². The molecule has 0 aliphatic carbocycles. The SMILES string of the molecule is CCN1CCN(C(=O)[C@]2(CC)C[C@@H]3CC[C@H]2N3Cc2cccnc2)CC1. The molecule has 0 radical (unpaired) electrons. The lowest BCUT2D eigenvalue weighted by Crippen LogP contribution is -2.56. The van der Waals surface area contributed by atoms with Crippen LogP contribution in [0.3, 0.4) is 0 Å². The van der Waals surface area contributed by atoms with Crippen molar-refractivity contribution in [3.63, 3.8) is 0 Å². The van der Waals surface area contributed by atoms with E-state index in [2.05, 4.69) is 39.6 Å². The second-order valence-corrected chi connectivity index (χ2v) is 8.22. The van der Waals surface area contributed by atoms with Gasteiger partial charge in [0.2, 0.25) is 5.91 Å². The molecule has 1 amide bonds. The Balaban J connectivity index is 1.50. The highest BCUT2D eigenvalue weighted by atomic mass is 16.2. The predicted molar refractivity (Wildman–Crippen MR) is 103 cm³/mol. The molecule has 3 saturated heterocycles. The van der Waals surface area contributed by atoms with Crippen LogP contribution in [0.1, 0.15) is 45.1 Å². The number of piperazine rings is 1. The molecule has 5 heteroatoms. The summed E-state index contributed by atoms with van der Waals surface area (Å²) < 4.78 is 0. The smallest absolute Gasteiger partial charge is 0.230 e. The first-order valence-corrected chi connectivity index (χ1v) is 10.3. The topological polar surface area (TPSA) is 39.7 Å². The zero-order valence-corrected chi connectivity index (χ0v) is 16.2. The Hall–Kier alpha value is -1.46. The summed E-state index contributed by atoms with van der Waals surface area (Å²) in [7, 11) is 0. The number of carbonyl (C=O) groups excluding carboxylic acids is 1. The fourth-order valence-electron chi connectivity index (χ4n) is 5.59. The van der Waals surface area contributed by atoms with Crippen LogP contribution in [0.2, 0.25) is 0 Å². The Morgan fingerprint density at radius 1 is 1.23 bits per heavy atom. The normalized spacial score (nSPS) is 32.3. The summed E-state index contributed by atoms with van der Waals surface area (Å²) in [6, 6.07) is 5.12. The van der Waals surface area contributed by atoms with Gasteiger partial charge in [-0.15, -0.1) is 0 Å². The van der Waals surface area contributed by atoms with E-state index in [4.69, 9.17) is 0 Å². The van der Waals surface area contributed by atoms with Crippen LogP contribution in [0, 0.1) is 5.41 Å². The number of pyridine rings is 1. The first kappa shape index (κ1) is 17.9. The molecule has 3 fully saturated rings. The van der Waals surface area contributed by atoms with Gasteiger partial charge in [-0.25, -0.2) is 0 Å². The maximum Gasteiger partial charge on any atom is 0.230 e. The third-order valence-electron chi connectivity index (χ3n) is 7.13. The molecule has 0 spiro atoms. The van der Waals surface area contributed by atoms with Crippen LogP contribution in [-0.2, 0) is 11.3 Å². The summed E-state index contributed by atoms with van der Waals surface area (Å²) in [5, 5.41) is 0. The van der Waals surface area contributed by atoms with Crippen molar-refractivity contribution in [2.24, 2.45) is 5.41 Å². The van der Waals surface area contributed by atoms with Crippen molar-refractivity contribution in [2.75, 3.05) is 32.7 Å². The van der Waals surface area contributed by atoms with Crippen molar-refractivity contribution < 1.29 is 4.79 Å². The van der Waals surface area contributed by atoms with E-state index in [-0.39, 0.29) is 5.41 Å². The average Bonchev–Trinajstić information content (AvgIpc) is 3.23. The first-order valence-electron chi connectivity index (χ1n) is 10.3. The van der Waals surface area contributed by atoms with Gasteiger partial charge in [0.15, 0.2) is 0 Å². The second-order valence-electron chi connectivity index (χ2n) is 8.22. The molecule has 0 N–H and O–H groups in total. The largest absolute Gasteiger partial charge is 0.340 e. The molecular weight excluding hydrogens is 324 g/mol. The molecule has 4 heterocycles. The zero-order chi connectivity index (χ0) is 18.1. The Kier molecular flexibility index (Phi) is 5.02. The Labute approximate surface area is 157 Å². The number of fused-ring (bicyclic) bond motifs is 2. The molecule has 1 aromatic heterocycles. The molecule has 3 atom stereocenters. The Morgan fingerprint density at radius 3 is 2.69 bits per heavy atom. The van der Waals surface area contributed by atoms with E-state index in [1.165, 1.54) is 18.4 Å². The van der Waals surface area contributed by atoms with Crippen LogP contribution in [0.5, 0.6) is 0 Å². The number of hydrogen-bond acceptors (Lipinski definition) is 4. The van der Waals surface area contributed by atoms with E-state index < -0.39 is 0 Å². The van der Waals surface area contributed by atoms with Gasteiger partial charge in [0.25, 0.3) is 0 Å². The number of rotatable bonds is 5. The van der Waals surface area contributed by atoms with Crippen LogP contribution in [0.25, 0.3) is 0 Å². The Bertz CT molecular complexity index is 628. The monoisotopic (exact) mass is 356 g/mol. The van der Waals surface area contributed by atoms with Crippen molar-refractivity contribution in [1.82, 2.24) is 19.7 Å². The van der Waals surface area contributed by atoms with E-state index >= 15 is 0 Å². The number of carbonyl (C=O) groups is 1. The van der Waals surface area contributed by atoms with Crippen molar-refractivity contribution in [3.05, 3.63) is 30.1 Å². The summed E-state index contributed by atoms with van der Waals surface area (Å²) in [5.41, 5.74) is 1.10. The average molecular weight is 357 g/mol. The number of aromatic nitrogens is 1. The van der Waals surface area contributed by atoms with Crippen molar-refractivity contribution in [1.29, 1.82) is 0 Å². The molecule has 1 aromatic rings. The minimum atomic E-state index is -0.167. The quantitative estimate of drug-likeness (QED) is 0.812. The fourth-order valence-corrected chi connectivity index (χ4v) is 5.59. The summed E-state index contributed by atoms with van der Waals surface area (Å²) in [4.78, 5) is 25.1. The van der Waals surface area contributed by atoms with E-state index in [1.54, 1.807) is 0 Å².